The van der Waals surface area contributed by atoms with E-state index in [1.807, 2.05) is 34.6 Å². The first-order valence-electron chi connectivity index (χ1n) is 8.29. The van der Waals surface area contributed by atoms with Crippen molar-refractivity contribution in [3.63, 3.8) is 0 Å². The zero-order chi connectivity index (χ0) is 17.9. The lowest BCUT2D eigenvalue weighted by Crippen LogP contribution is -2.38. The minimum atomic E-state index is -0.549. The molecule has 0 fully saturated rings. The van der Waals surface area contributed by atoms with Crippen LogP contribution in [0.25, 0.3) is 0 Å². The highest BCUT2D eigenvalue weighted by molar-refractivity contribution is 6.03. The quantitative estimate of drug-likeness (QED) is 0.725. The van der Waals surface area contributed by atoms with E-state index in [9.17, 15) is 9.59 Å². The Kier molecular flexibility index (Phi) is 5.80. The Labute approximate surface area is 142 Å². The zero-order valence-corrected chi connectivity index (χ0v) is 14.8. The van der Waals surface area contributed by atoms with Crippen LogP contribution in [0.3, 0.4) is 0 Å². The number of amides is 2. The van der Waals surface area contributed by atoms with Gasteiger partial charge < -0.3 is 20.1 Å². The maximum atomic E-state index is 12.0. The predicted octanol–water partition coefficient (Wildman–Crippen LogP) is 0.266. The summed E-state index contributed by atoms with van der Waals surface area (Å²) in [5, 5.41) is 5.63. The number of carbonyl (C=O) groups excluding carboxylic acids is 2. The molecule has 0 saturated heterocycles. The minimum absolute atomic E-state index is 0.0527. The highest BCUT2D eigenvalue weighted by Crippen LogP contribution is 2.18. The van der Waals surface area contributed by atoms with E-state index >= 15 is 0 Å². The summed E-state index contributed by atoms with van der Waals surface area (Å²) in [7, 11) is 0. The van der Waals surface area contributed by atoms with Crippen molar-refractivity contribution < 1.29 is 19.1 Å². The number of nitrogens with one attached hydrogen (secondary N) is 2. The number of hydrogen-bond acceptors (Lipinski definition) is 6. The fourth-order valence-electron chi connectivity index (χ4n) is 2.39. The van der Waals surface area contributed by atoms with Crippen LogP contribution in [-0.4, -0.2) is 61.0 Å². The van der Waals surface area contributed by atoms with Gasteiger partial charge in [0.25, 0.3) is 0 Å². The number of aliphatic imine (C=N–C) groups is 2. The predicted molar refractivity (Wildman–Crippen MR) is 90.1 cm³/mol. The van der Waals surface area contributed by atoms with E-state index in [0.717, 1.165) is 0 Å². The number of hydrogen-bond donors (Lipinski definition) is 2. The fraction of sp³-hybridized carbons (Fsp3) is 0.750. The van der Waals surface area contributed by atoms with Crippen LogP contribution in [0, 0.1) is 5.92 Å². The Hall–Kier alpha value is -2.12. The normalized spacial score (nSPS) is 23.0. The Balaban J connectivity index is 1.98. The summed E-state index contributed by atoms with van der Waals surface area (Å²) in [6.07, 6.45) is 0. The largest absolute Gasteiger partial charge is 0.478 e. The van der Waals surface area contributed by atoms with Gasteiger partial charge in [0, 0.05) is 12.1 Å². The van der Waals surface area contributed by atoms with E-state index in [-0.39, 0.29) is 43.0 Å². The minimum Gasteiger partial charge on any atom is -0.478 e. The molecule has 8 nitrogen and oxygen atoms in total. The van der Waals surface area contributed by atoms with Crippen molar-refractivity contribution in [2.75, 3.05) is 13.2 Å². The van der Waals surface area contributed by atoms with Gasteiger partial charge in [0.2, 0.25) is 11.8 Å². The van der Waals surface area contributed by atoms with Gasteiger partial charge in [-0.1, -0.05) is 0 Å². The lowest BCUT2D eigenvalue weighted by atomic mass is 10.2. The molecule has 0 radical (unpaired) electrons. The van der Waals surface area contributed by atoms with Crippen molar-refractivity contribution in [2.24, 2.45) is 15.9 Å². The molecular formula is C16H26N4O4. The van der Waals surface area contributed by atoms with Gasteiger partial charge in [-0.3, -0.25) is 9.59 Å². The summed E-state index contributed by atoms with van der Waals surface area (Å²) in [6, 6.07) is -0.993. The van der Waals surface area contributed by atoms with Crippen LogP contribution >= 0.6 is 0 Å². The molecule has 2 atom stereocenters. The fourth-order valence-corrected chi connectivity index (χ4v) is 2.39. The Morgan fingerprint density at radius 3 is 1.58 bits per heavy atom. The van der Waals surface area contributed by atoms with Crippen molar-refractivity contribution in [1.82, 2.24) is 10.6 Å². The molecule has 0 aromatic rings. The van der Waals surface area contributed by atoms with Crippen molar-refractivity contribution in [3.8, 4) is 0 Å². The lowest BCUT2D eigenvalue weighted by molar-refractivity contribution is -0.123. The van der Waals surface area contributed by atoms with Gasteiger partial charge in [0.15, 0.2) is 23.9 Å². The summed E-state index contributed by atoms with van der Waals surface area (Å²) >= 11 is 0. The average molecular weight is 338 g/mol. The molecule has 2 aliphatic rings. The topological polar surface area (TPSA) is 101 Å². The third-order valence-corrected chi connectivity index (χ3v) is 3.55. The molecule has 2 amide bonds. The Morgan fingerprint density at radius 1 is 0.875 bits per heavy atom. The molecule has 134 valence electrons. The van der Waals surface area contributed by atoms with Gasteiger partial charge in [-0.15, -0.1) is 0 Å². The Bertz CT molecular complexity index is 508. The molecule has 8 heteroatoms. The molecule has 0 spiro atoms. The standard InChI is InChI=1S/C16H26N4O4/c1-8(2)17-13(21)11-6-23-15(19-11)10(5)16-20-12(7-24-16)14(22)18-9(3)4/h8-12H,6-7H2,1-5H3,(H,17,21)(H,18,22)/t11-,12-/m0/s1. The van der Waals surface area contributed by atoms with Gasteiger partial charge >= 0.3 is 0 Å². The van der Waals surface area contributed by atoms with Crippen molar-refractivity contribution >= 4 is 23.6 Å². The summed E-state index contributed by atoms with van der Waals surface area (Å²) < 4.78 is 11.1. The van der Waals surface area contributed by atoms with E-state index in [1.54, 1.807) is 0 Å². The smallest absolute Gasteiger partial charge is 0.248 e. The molecule has 24 heavy (non-hydrogen) atoms. The molecule has 0 bridgehead atoms. The maximum Gasteiger partial charge on any atom is 0.248 e. The monoisotopic (exact) mass is 338 g/mol. The van der Waals surface area contributed by atoms with Gasteiger partial charge in [-0.25, -0.2) is 9.98 Å². The van der Waals surface area contributed by atoms with E-state index < -0.39 is 12.1 Å². The SMILES string of the molecule is CC(C)NC(=O)[C@@H]1COC(C(C)C2=N[C@H](C(=O)NC(C)C)CO2)=N1. The van der Waals surface area contributed by atoms with E-state index in [0.29, 0.717) is 11.8 Å². The van der Waals surface area contributed by atoms with Crippen LogP contribution in [0.1, 0.15) is 34.6 Å². The van der Waals surface area contributed by atoms with Crippen LogP contribution in [0.5, 0.6) is 0 Å². The first-order chi connectivity index (χ1) is 11.3. The van der Waals surface area contributed by atoms with Crippen LogP contribution in [0.15, 0.2) is 9.98 Å². The van der Waals surface area contributed by atoms with Crippen molar-refractivity contribution in [2.45, 2.75) is 58.8 Å². The van der Waals surface area contributed by atoms with Gasteiger partial charge in [0.05, 0.1) is 0 Å². The van der Waals surface area contributed by atoms with Crippen molar-refractivity contribution in [3.05, 3.63) is 0 Å². The molecule has 2 aliphatic heterocycles. The summed E-state index contributed by atoms with van der Waals surface area (Å²) in [6.45, 7) is 9.83. The highest BCUT2D eigenvalue weighted by atomic mass is 16.5. The number of rotatable bonds is 6. The molecule has 0 saturated carbocycles. The molecule has 0 aromatic heterocycles. The van der Waals surface area contributed by atoms with E-state index in [4.69, 9.17) is 9.47 Å². The molecule has 0 unspecified atom stereocenters. The van der Waals surface area contributed by atoms with Crippen LogP contribution in [0.2, 0.25) is 0 Å². The summed E-state index contributed by atoms with van der Waals surface area (Å²) in [5.74, 6) is 0.204. The summed E-state index contributed by atoms with van der Waals surface area (Å²) in [4.78, 5) is 32.6. The zero-order valence-electron chi connectivity index (χ0n) is 14.8. The third-order valence-electron chi connectivity index (χ3n) is 3.55. The van der Waals surface area contributed by atoms with Gasteiger partial charge in [0.1, 0.15) is 19.1 Å². The van der Waals surface area contributed by atoms with Gasteiger partial charge in [-0.2, -0.15) is 0 Å². The molecule has 0 aliphatic carbocycles. The summed E-state index contributed by atoms with van der Waals surface area (Å²) in [5.41, 5.74) is 0. The first-order valence-corrected chi connectivity index (χ1v) is 8.29. The maximum absolute atomic E-state index is 12.0. The molecular weight excluding hydrogens is 312 g/mol. The molecule has 2 heterocycles. The first kappa shape index (κ1) is 18.2. The second-order valence-corrected chi connectivity index (χ2v) is 6.64. The Morgan fingerprint density at radius 2 is 1.25 bits per heavy atom. The second-order valence-electron chi connectivity index (χ2n) is 6.64. The third kappa shape index (κ3) is 4.46. The van der Waals surface area contributed by atoms with Crippen LogP contribution < -0.4 is 10.6 Å². The van der Waals surface area contributed by atoms with E-state index in [1.165, 1.54) is 0 Å². The molecule has 0 aromatic carbocycles. The average Bonchev–Trinajstić information content (AvgIpc) is 3.15. The number of carbonyl (C=O) groups is 2. The lowest BCUT2D eigenvalue weighted by Gasteiger charge is -2.10. The number of nitrogens with zero attached hydrogens (tertiary/aromatic N) is 2. The van der Waals surface area contributed by atoms with Gasteiger partial charge in [-0.05, 0) is 34.6 Å². The molecule has 2 N–H and O–H groups in total. The van der Waals surface area contributed by atoms with Crippen LogP contribution in [0.4, 0.5) is 0 Å². The highest BCUT2D eigenvalue weighted by Gasteiger charge is 2.35. The van der Waals surface area contributed by atoms with E-state index in [2.05, 4.69) is 20.6 Å². The molecule has 2 rings (SSSR count). The second kappa shape index (κ2) is 7.63. The van der Waals surface area contributed by atoms with Crippen molar-refractivity contribution in [1.29, 1.82) is 0 Å². The van der Waals surface area contributed by atoms with Crippen LogP contribution in [-0.2, 0) is 19.1 Å². The number of ether oxygens (including phenoxy) is 2.